The van der Waals surface area contributed by atoms with E-state index in [1.54, 1.807) is 32.9 Å². The van der Waals surface area contributed by atoms with Crippen LogP contribution in [-0.2, 0) is 9.47 Å². The van der Waals surface area contributed by atoms with Crippen molar-refractivity contribution in [1.29, 1.82) is 0 Å². The number of ether oxygens (including phenoxy) is 2. The predicted octanol–water partition coefficient (Wildman–Crippen LogP) is 3.48. The van der Waals surface area contributed by atoms with Gasteiger partial charge in [-0.1, -0.05) is 36.4 Å². The first-order valence-electron chi connectivity index (χ1n) is 6.98. The van der Waals surface area contributed by atoms with Crippen molar-refractivity contribution >= 4 is 22.8 Å². The number of hydrogen-bond acceptors (Lipinski definition) is 4. The van der Waals surface area contributed by atoms with Crippen LogP contribution in [0.4, 0.5) is 4.79 Å². The van der Waals surface area contributed by atoms with Gasteiger partial charge in [0.15, 0.2) is 6.73 Å². The Hall–Kier alpha value is -2.56. The minimum Gasteiger partial charge on any atom is -0.444 e. The number of hydrogen-bond donors (Lipinski definition) is 1. The number of carbonyl (C=O) groups is 2. The van der Waals surface area contributed by atoms with Crippen LogP contribution in [0.5, 0.6) is 0 Å². The molecule has 0 aliphatic rings. The van der Waals surface area contributed by atoms with E-state index in [2.05, 4.69) is 5.32 Å². The Labute approximate surface area is 129 Å². The lowest BCUT2D eigenvalue weighted by atomic mass is 10.1. The molecule has 5 heteroatoms. The molecular weight excluding hydrogens is 282 g/mol. The SMILES string of the molecule is CC(C)(C)OC(=O)NCOC(=O)c1cccc2ccccc12. The summed E-state index contributed by atoms with van der Waals surface area (Å²) in [5, 5.41) is 4.15. The van der Waals surface area contributed by atoms with E-state index in [9.17, 15) is 9.59 Å². The topological polar surface area (TPSA) is 64.6 Å². The van der Waals surface area contributed by atoms with Crippen LogP contribution in [0.3, 0.4) is 0 Å². The highest BCUT2D eigenvalue weighted by atomic mass is 16.6. The van der Waals surface area contributed by atoms with Crippen LogP contribution < -0.4 is 5.32 Å². The van der Waals surface area contributed by atoms with Crippen molar-refractivity contribution < 1.29 is 19.1 Å². The van der Waals surface area contributed by atoms with Crippen molar-refractivity contribution in [2.45, 2.75) is 26.4 Å². The Morgan fingerprint density at radius 3 is 2.45 bits per heavy atom. The summed E-state index contributed by atoms with van der Waals surface area (Å²) in [6.45, 7) is 5.04. The molecule has 0 saturated carbocycles. The molecule has 0 atom stereocenters. The highest BCUT2D eigenvalue weighted by molar-refractivity contribution is 6.04. The van der Waals surface area contributed by atoms with Crippen LogP contribution in [0.2, 0.25) is 0 Å². The van der Waals surface area contributed by atoms with Crippen LogP contribution in [-0.4, -0.2) is 24.4 Å². The molecule has 5 nitrogen and oxygen atoms in total. The van der Waals surface area contributed by atoms with Gasteiger partial charge in [0, 0.05) is 0 Å². The number of benzene rings is 2. The molecule has 0 radical (unpaired) electrons. The van der Waals surface area contributed by atoms with Crippen molar-refractivity contribution in [2.75, 3.05) is 6.73 Å². The van der Waals surface area contributed by atoms with Gasteiger partial charge in [-0.3, -0.25) is 5.32 Å². The summed E-state index contributed by atoms with van der Waals surface area (Å²) in [6.07, 6.45) is -0.627. The van der Waals surface area contributed by atoms with E-state index in [0.717, 1.165) is 10.8 Å². The molecule has 116 valence electrons. The molecular formula is C17H19NO4. The number of alkyl carbamates (subject to hydrolysis) is 1. The molecule has 0 aromatic heterocycles. The van der Waals surface area contributed by atoms with E-state index in [-0.39, 0.29) is 6.73 Å². The summed E-state index contributed by atoms with van der Waals surface area (Å²) in [7, 11) is 0. The van der Waals surface area contributed by atoms with Gasteiger partial charge in [0.1, 0.15) is 5.60 Å². The summed E-state index contributed by atoms with van der Waals surface area (Å²) >= 11 is 0. The van der Waals surface area contributed by atoms with Crippen molar-refractivity contribution in [3.8, 4) is 0 Å². The first kappa shape index (κ1) is 15.8. The monoisotopic (exact) mass is 301 g/mol. The highest BCUT2D eigenvalue weighted by Crippen LogP contribution is 2.19. The largest absolute Gasteiger partial charge is 0.444 e. The van der Waals surface area contributed by atoms with Gasteiger partial charge in [-0.25, -0.2) is 9.59 Å². The third kappa shape index (κ3) is 4.22. The van der Waals surface area contributed by atoms with E-state index in [1.807, 2.05) is 30.3 Å². The summed E-state index contributed by atoms with van der Waals surface area (Å²) < 4.78 is 10.1. The van der Waals surface area contributed by atoms with Crippen LogP contribution in [0.15, 0.2) is 42.5 Å². The van der Waals surface area contributed by atoms with Crippen molar-refractivity contribution in [3.63, 3.8) is 0 Å². The van der Waals surface area contributed by atoms with Gasteiger partial charge >= 0.3 is 12.1 Å². The van der Waals surface area contributed by atoms with E-state index in [4.69, 9.17) is 9.47 Å². The zero-order chi connectivity index (χ0) is 16.2. The lowest BCUT2D eigenvalue weighted by Gasteiger charge is -2.19. The van der Waals surface area contributed by atoms with Crippen molar-refractivity contribution in [2.24, 2.45) is 0 Å². The minimum absolute atomic E-state index is 0.239. The van der Waals surface area contributed by atoms with E-state index in [1.165, 1.54) is 0 Å². The third-order valence-electron chi connectivity index (χ3n) is 2.83. The number of fused-ring (bicyclic) bond motifs is 1. The number of carbonyl (C=O) groups excluding carboxylic acids is 2. The molecule has 2 aromatic carbocycles. The smallest absolute Gasteiger partial charge is 0.410 e. The Balaban J connectivity index is 1.96. The predicted molar refractivity (Wildman–Crippen MR) is 83.6 cm³/mol. The van der Waals surface area contributed by atoms with Gasteiger partial charge < -0.3 is 9.47 Å². The molecule has 0 aliphatic heterocycles. The summed E-state index contributed by atoms with van der Waals surface area (Å²) in [5.74, 6) is -0.493. The fourth-order valence-corrected chi connectivity index (χ4v) is 1.96. The minimum atomic E-state index is -0.627. The van der Waals surface area contributed by atoms with Crippen LogP contribution >= 0.6 is 0 Å². The van der Waals surface area contributed by atoms with Gasteiger partial charge in [-0.15, -0.1) is 0 Å². The van der Waals surface area contributed by atoms with Gasteiger partial charge in [0.05, 0.1) is 5.56 Å². The van der Waals surface area contributed by atoms with Gasteiger partial charge in [-0.05, 0) is 37.6 Å². The quantitative estimate of drug-likeness (QED) is 0.696. The summed E-state index contributed by atoms with van der Waals surface area (Å²) in [6, 6.07) is 12.9. The second-order valence-corrected chi connectivity index (χ2v) is 5.78. The molecule has 1 N–H and O–H groups in total. The number of nitrogens with one attached hydrogen (secondary N) is 1. The Bertz CT molecular complexity index is 683. The first-order chi connectivity index (χ1) is 10.4. The molecule has 0 fully saturated rings. The number of esters is 1. The molecule has 22 heavy (non-hydrogen) atoms. The lowest BCUT2D eigenvalue weighted by Crippen LogP contribution is -2.34. The average molecular weight is 301 g/mol. The Morgan fingerprint density at radius 1 is 1.05 bits per heavy atom. The fraction of sp³-hybridized carbons (Fsp3) is 0.294. The first-order valence-corrected chi connectivity index (χ1v) is 6.98. The second-order valence-electron chi connectivity index (χ2n) is 5.78. The van der Waals surface area contributed by atoms with E-state index < -0.39 is 17.7 Å². The lowest BCUT2D eigenvalue weighted by molar-refractivity contribution is 0.0342. The van der Waals surface area contributed by atoms with Crippen LogP contribution in [0.25, 0.3) is 10.8 Å². The maximum atomic E-state index is 12.1. The van der Waals surface area contributed by atoms with Crippen molar-refractivity contribution in [1.82, 2.24) is 5.32 Å². The standard InChI is InChI=1S/C17H19NO4/c1-17(2,3)22-16(20)18-11-21-15(19)14-10-6-8-12-7-4-5-9-13(12)14/h4-10H,11H2,1-3H3,(H,18,20). The van der Waals surface area contributed by atoms with Crippen molar-refractivity contribution in [3.05, 3.63) is 48.0 Å². The molecule has 2 aromatic rings. The normalized spacial score (nSPS) is 11.0. The second kappa shape index (κ2) is 6.47. The molecule has 0 bridgehead atoms. The molecule has 0 saturated heterocycles. The molecule has 2 rings (SSSR count). The van der Waals surface area contributed by atoms with Crippen LogP contribution in [0, 0.1) is 0 Å². The summed E-state index contributed by atoms with van der Waals surface area (Å²) in [5.41, 5.74) is -0.131. The van der Waals surface area contributed by atoms with Gasteiger partial charge in [-0.2, -0.15) is 0 Å². The fourth-order valence-electron chi connectivity index (χ4n) is 1.96. The molecule has 0 spiro atoms. The van der Waals surface area contributed by atoms with Crippen LogP contribution in [0.1, 0.15) is 31.1 Å². The Kier molecular flexibility index (Phi) is 4.65. The maximum Gasteiger partial charge on any atom is 0.410 e. The van der Waals surface area contributed by atoms with E-state index >= 15 is 0 Å². The Morgan fingerprint density at radius 2 is 1.73 bits per heavy atom. The zero-order valence-electron chi connectivity index (χ0n) is 12.9. The molecule has 0 aliphatic carbocycles. The third-order valence-corrected chi connectivity index (χ3v) is 2.83. The van der Waals surface area contributed by atoms with E-state index in [0.29, 0.717) is 5.56 Å². The average Bonchev–Trinajstić information content (AvgIpc) is 2.44. The number of amides is 1. The zero-order valence-corrected chi connectivity index (χ0v) is 12.9. The molecule has 0 heterocycles. The highest BCUT2D eigenvalue weighted by Gasteiger charge is 2.16. The molecule has 1 amide bonds. The molecule has 0 unspecified atom stereocenters. The van der Waals surface area contributed by atoms with Gasteiger partial charge in [0.25, 0.3) is 0 Å². The van der Waals surface area contributed by atoms with Gasteiger partial charge in [0.2, 0.25) is 0 Å². The number of rotatable bonds is 3. The summed E-state index contributed by atoms with van der Waals surface area (Å²) in [4.78, 5) is 23.6. The maximum absolute atomic E-state index is 12.1.